The summed E-state index contributed by atoms with van der Waals surface area (Å²) >= 11 is 0. The van der Waals surface area contributed by atoms with E-state index in [4.69, 9.17) is 0 Å². The Morgan fingerprint density at radius 1 is 1.25 bits per heavy atom. The third-order valence-corrected chi connectivity index (χ3v) is 4.49. The third kappa shape index (κ3) is 4.88. The van der Waals surface area contributed by atoms with Gasteiger partial charge in [0.15, 0.2) is 0 Å². The zero-order valence-electron chi connectivity index (χ0n) is 15.2. The van der Waals surface area contributed by atoms with Crippen molar-refractivity contribution >= 4 is 23.4 Å². The number of hydrogen-bond acceptors (Lipinski definition) is 7. The number of carbonyl (C=O) groups excluding carboxylic acids is 2. The second kappa shape index (κ2) is 8.42. The molecular weight excluding hydrogens is 385 g/mol. The Morgan fingerprint density at radius 3 is 2.36 bits per heavy atom. The van der Waals surface area contributed by atoms with Crippen LogP contribution in [0.5, 0.6) is 0 Å². The van der Waals surface area contributed by atoms with E-state index in [1.165, 1.54) is 0 Å². The molecular formula is C16H19F3N4O5. The molecule has 0 bridgehead atoms. The number of carbonyl (C=O) groups is 2. The van der Waals surface area contributed by atoms with E-state index in [1.807, 2.05) is 0 Å². The number of amides is 2. The molecule has 0 saturated carbocycles. The summed E-state index contributed by atoms with van der Waals surface area (Å²) in [4.78, 5) is 36.8. The fraction of sp³-hybridized carbons (Fsp3) is 0.500. The van der Waals surface area contributed by atoms with Gasteiger partial charge in [0.25, 0.3) is 5.69 Å². The highest BCUT2D eigenvalue weighted by atomic mass is 19.4. The Kier molecular flexibility index (Phi) is 6.44. The molecule has 1 aromatic carbocycles. The molecule has 0 aromatic heterocycles. The van der Waals surface area contributed by atoms with E-state index in [1.54, 1.807) is 16.7 Å². The molecule has 9 nitrogen and oxygen atoms in total. The van der Waals surface area contributed by atoms with Gasteiger partial charge >= 0.3 is 12.3 Å². The molecule has 1 aliphatic rings. The smallest absolute Gasteiger partial charge is 0.416 e. The van der Waals surface area contributed by atoms with Crippen molar-refractivity contribution in [2.45, 2.75) is 19.1 Å². The van der Waals surface area contributed by atoms with Gasteiger partial charge < -0.3 is 9.64 Å². The maximum atomic E-state index is 12.8. The lowest BCUT2D eigenvalue weighted by Crippen LogP contribution is -2.54. The summed E-state index contributed by atoms with van der Waals surface area (Å²) in [5.74, 6) is -0.555. The van der Waals surface area contributed by atoms with Crippen LogP contribution in [0.25, 0.3) is 0 Å². The van der Waals surface area contributed by atoms with Gasteiger partial charge in [0.2, 0.25) is 5.91 Å². The molecule has 12 heteroatoms. The Labute approximate surface area is 158 Å². The van der Waals surface area contributed by atoms with E-state index < -0.39 is 40.4 Å². The number of alkyl carbamates (subject to hydrolysis) is 1. The minimum Gasteiger partial charge on any atom is -0.453 e. The maximum absolute atomic E-state index is 12.8. The average molecular weight is 404 g/mol. The van der Waals surface area contributed by atoms with Crippen LogP contribution in [0.2, 0.25) is 0 Å². The van der Waals surface area contributed by atoms with E-state index in [0.717, 1.165) is 19.2 Å². The Bertz CT molecular complexity index is 763. The molecule has 1 fully saturated rings. The first-order valence-electron chi connectivity index (χ1n) is 8.28. The molecule has 1 aliphatic heterocycles. The van der Waals surface area contributed by atoms with Crippen LogP contribution in [0.3, 0.4) is 0 Å². The number of imide groups is 1. The lowest BCUT2D eigenvalue weighted by atomic mass is 10.1. The van der Waals surface area contributed by atoms with Gasteiger partial charge in [-0.2, -0.15) is 13.2 Å². The number of rotatable bonds is 4. The molecule has 2 rings (SSSR count). The van der Waals surface area contributed by atoms with Crippen molar-refractivity contribution in [2.75, 3.05) is 38.2 Å². The summed E-state index contributed by atoms with van der Waals surface area (Å²) in [5.41, 5.74) is -1.63. The summed E-state index contributed by atoms with van der Waals surface area (Å²) in [6.45, 7) is 2.78. The van der Waals surface area contributed by atoms with Crippen LogP contribution in [-0.2, 0) is 15.7 Å². The van der Waals surface area contributed by atoms with Gasteiger partial charge in [-0.05, 0) is 19.1 Å². The quantitative estimate of drug-likeness (QED) is 0.605. The molecule has 2 amide bonds. The minimum atomic E-state index is -4.68. The molecule has 0 spiro atoms. The highest BCUT2D eigenvalue weighted by molar-refractivity contribution is 5.94. The summed E-state index contributed by atoms with van der Waals surface area (Å²) < 4.78 is 42.8. The Balaban J connectivity index is 2.09. The third-order valence-electron chi connectivity index (χ3n) is 4.49. The number of anilines is 1. The highest BCUT2D eigenvalue weighted by Gasteiger charge is 2.35. The van der Waals surface area contributed by atoms with E-state index >= 15 is 0 Å². The van der Waals surface area contributed by atoms with Crippen LogP contribution in [0.4, 0.5) is 29.3 Å². The van der Waals surface area contributed by atoms with Crippen molar-refractivity contribution in [3.63, 3.8) is 0 Å². The van der Waals surface area contributed by atoms with Crippen LogP contribution in [0, 0.1) is 10.1 Å². The molecule has 1 aromatic rings. The number of alkyl halides is 3. The van der Waals surface area contributed by atoms with Crippen molar-refractivity contribution < 1.29 is 32.4 Å². The summed E-state index contributed by atoms with van der Waals surface area (Å²) in [5, 5.41) is 13.3. The van der Waals surface area contributed by atoms with Gasteiger partial charge in [-0.3, -0.25) is 25.1 Å². The number of ether oxygens (including phenoxy) is 1. The predicted molar refractivity (Wildman–Crippen MR) is 91.9 cm³/mol. The van der Waals surface area contributed by atoms with Gasteiger partial charge in [0.05, 0.1) is 23.6 Å². The maximum Gasteiger partial charge on any atom is 0.416 e. The fourth-order valence-electron chi connectivity index (χ4n) is 2.89. The first kappa shape index (κ1) is 21.4. The topological polar surface area (TPSA) is 105 Å². The number of halogens is 3. The second-order valence-electron chi connectivity index (χ2n) is 6.14. The van der Waals surface area contributed by atoms with Crippen LogP contribution in [-0.4, -0.2) is 61.2 Å². The van der Waals surface area contributed by atoms with Crippen molar-refractivity contribution in [3.8, 4) is 0 Å². The van der Waals surface area contributed by atoms with E-state index in [0.29, 0.717) is 19.2 Å². The van der Waals surface area contributed by atoms with Gasteiger partial charge in [-0.15, -0.1) is 0 Å². The summed E-state index contributed by atoms with van der Waals surface area (Å²) in [6, 6.07) is 1.77. The molecule has 0 unspecified atom stereocenters. The predicted octanol–water partition coefficient (Wildman–Crippen LogP) is 2.01. The number of methoxy groups -OCH3 is 1. The largest absolute Gasteiger partial charge is 0.453 e. The monoisotopic (exact) mass is 404 g/mol. The summed E-state index contributed by atoms with van der Waals surface area (Å²) in [6.07, 6.45) is -5.56. The van der Waals surface area contributed by atoms with Crippen LogP contribution in [0.15, 0.2) is 18.2 Å². The van der Waals surface area contributed by atoms with Crippen molar-refractivity contribution in [1.29, 1.82) is 0 Å². The van der Waals surface area contributed by atoms with Gasteiger partial charge in [-0.25, -0.2) is 4.79 Å². The highest BCUT2D eigenvalue weighted by Crippen LogP contribution is 2.36. The number of hydrogen-bond donors (Lipinski definition) is 1. The number of benzene rings is 1. The van der Waals surface area contributed by atoms with E-state index in [2.05, 4.69) is 10.1 Å². The number of nitrogens with zero attached hydrogens (tertiary/aromatic N) is 3. The normalized spacial score (nSPS) is 16.4. The lowest BCUT2D eigenvalue weighted by Gasteiger charge is -2.38. The zero-order valence-corrected chi connectivity index (χ0v) is 15.2. The lowest BCUT2D eigenvalue weighted by molar-refractivity contribution is -0.384. The van der Waals surface area contributed by atoms with Crippen LogP contribution < -0.4 is 10.2 Å². The molecule has 154 valence electrons. The molecule has 1 saturated heterocycles. The van der Waals surface area contributed by atoms with Gasteiger partial charge in [-0.1, -0.05) is 0 Å². The Hall–Kier alpha value is -2.89. The van der Waals surface area contributed by atoms with Crippen molar-refractivity contribution in [3.05, 3.63) is 33.9 Å². The molecule has 1 atom stereocenters. The number of piperazine rings is 1. The number of nitro groups is 1. The Morgan fingerprint density at radius 2 is 1.86 bits per heavy atom. The van der Waals surface area contributed by atoms with Gasteiger partial charge in [0, 0.05) is 32.2 Å². The van der Waals surface area contributed by atoms with Crippen molar-refractivity contribution in [1.82, 2.24) is 10.2 Å². The minimum absolute atomic E-state index is 0.0873. The molecule has 1 heterocycles. The fourth-order valence-corrected chi connectivity index (χ4v) is 2.89. The van der Waals surface area contributed by atoms with Gasteiger partial charge in [0.1, 0.15) is 5.69 Å². The molecule has 28 heavy (non-hydrogen) atoms. The zero-order chi connectivity index (χ0) is 21.1. The molecule has 0 radical (unpaired) electrons. The SMILES string of the molecule is COC(=O)NC(=O)[C@@H](C)N1CCN(c2ccc(C(F)(F)F)cc2[N+](=O)[O-])CC1. The number of nitro benzene ring substituents is 1. The van der Waals surface area contributed by atoms with E-state index in [9.17, 15) is 32.9 Å². The first-order chi connectivity index (χ1) is 13.0. The molecule has 0 aliphatic carbocycles. The van der Waals surface area contributed by atoms with Crippen molar-refractivity contribution in [2.24, 2.45) is 0 Å². The second-order valence-corrected chi connectivity index (χ2v) is 6.14. The van der Waals surface area contributed by atoms with Crippen LogP contribution >= 0.6 is 0 Å². The van der Waals surface area contributed by atoms with Crippen LogP contribution in [0.1, 0.15) is 12.5 Å². The first-order valence-corrected chi connectivity index (χ1v) is 8.28. The average Bonchev–Trinajstić information content (AvgIpc) is 2.66. The standard InChI is InChI=1S/C16H19F3N4O5/c1-10(14(24)20-15(25)28-2)21-5-7-22(8-6-21)12-4-3-11(16(17,18)19)9-13(12)23(26)27/h3-4,9-10H,5-8H2,1-2H3,(H,20,24,25)/t10-/m1/s1. The number of nitrogens with one attached hydrogen (secondary N) is 1. The van der Waals surface area contributed by atoms with E-state index in [-0.39, 0.29) is 18.8 Å². The summed E-state index contributed by atoms with van der Waals surface area (Å²) in [7, 11) is 1.13. The molecule has 1 N–H and O–H groups in total.